The molecule has 2 amide bonds. The fourth-order valence-electron chi connectivity index (χ4n) is 5.22. The number of pyridine rings is 1. The van der Waals surface area contributed by atoms with Gasteiger partial charge in [-0.15, -0.1) is 0 Å². The standard InChI is InChI=1S/C24H34N4O5/c1-2-32-22(30)24(10-4-5-11-24)21(29)28-13-7-8-19(28)18-33-23(31)27-16-14-26(15-17-27)20-9-3-6-12-25-20/h3,6,9,12,19H,2,4-5,7-8,10-11,13-18H2,1H3. The fraction of sp³-hybridized carbons (Fsp3) is 0.667. The zero-order chi connectivity index (χ0) is 23.3. The smallest absolute Gasteiger partial charge is 0.409 e. The van der Waals surface area contributed by atoms with E-state index in [2.05, 4.69) is 9.88 Å². The highest BCUT2D eigenvalue weighted by molar-refractivity contribution is 6.03. The maximum absolute atomic E-state index is 13.5. The molecule has 1 saturated carbocycles. The quantitative estimate of drug-likeness (QED) is 0.478. The third-order valence-corrected chi connectivity index (χ3v) is 7.08. The van der Waals surface area contributed by atoms with E-state index in [9.17, 15) is 14.4 Å². The molecule has 2 aliphatic heterocycles. The summed E-state index contributed by atoms with van der Waals surface area (Å²) in [5.74, 6) is 0.356. The molecule has 1 aromatic rings. The van der Waals surface area contributed by atoms with Gasteiger partial charge in [-0.1, -0.05) is 18.9 Å². The van der Waals surface area contributed by atoms with Crippen LogP contribution in [0.5, 0.6) is 0 Å². The number of likely N-dealkylation sites (tertiary alicyclic amines) is 1. The van der Waals surface area contributed by atoms with Crippen LogP contribution in [0.2, 0.25) is 0 Å². The first-order chi connectivity index (χ1) is 16.0. The molecule has 3 aliphatic rings. The Morgan fingerprint density at radius 1 is 1.03 bits per heavy atom. The predicted octanol–water partition coefficient (Wildman–Crippen LogP) is 2.45. The van der Waals surface area contributed by atoms with E-state index in [1.165, 1.54) is 0 Å². The Hall–Kier alpha value is -2.84. The minimum atomic E-state index is -1.07. The zero-order valence-corrected chi connectivity index (χ0v) is 19.4. The molecule has 180 valence electrons. The lowest BCUT2D eigenvalue weighted by atomic mass is 9.84. The monoisotopic (exact) mass is 458 g/mol. The minimum Gasteiger partial charge on any atom is -0.465 e. The van der Waals surface area contributed by atoms with Crippen molar-refractivity contribution in [2.24, 2.45) is 5.41 Å². The summed E-state index contributed by atoms with van der Waals surface area (Å²) in [6.45, 7) is 5.30. The van der Waals surface area contributed by atoms with Crippen LogP contribution in [0.1, 0.15) is 45.4 Å². The number of anilines is 1. The van der Waals surface area contributed by atoms with Gasteiger partial charge in [-0.3, -0.25) is 9.59 Å². The molecule has 1 unspecified atom stereocenters. The Labute approximate surface area is 195 Å². The van der Waals surface area contributed by atoms with Crippen LogP contribution in [-0.2, 0) is 19.1 Å². The molecule has 0 spiro atoms. The van der Waals surface area contributed by atoms with E-state index in [0.29, 0.717) is 45.6 Å². The van der Waals surface area contributed by atoms with Gasteiger partial charge in [0.2, 0.25) is 5.91 Å². The molecule has 1 atom stereocenters. The van der Waals surface area contributed by atoms with Crippen molar-refractivity contribution in [1.29, 1.82) is 0 Å². The van der Waals surface area contributed by atoms with Gasteiger partial charge in [-0.05, 0) is 44.7 Å². The van der Waals surface area contributed by atoms with Gasteiger partial charge in [0.05, 0.1) is 12.6 Å². The van der Waals surface area contributed by atoms with Crippen molar-refractivity contribution in [2.45, 2.75) is 51.5 Å². The maximum Gasteiger partial charge on any atom is 0.409 e. The largest absolute Gasteiger partial charge is 0.465 e. The third kappa shape index (κ3) is 4.91. The second-order valence-electron chi connectivity index (χ2n) is 9.04. The van der Waals surface area contributed by atoms with Gasteiger partial charge in [-0.2, -0.15) is 0 Å². The van der Waals surface area contributed by atoms with Crippen LogP contribution < -0.4 is 4.90 Å². The molecule has 3 heterocycles. The number of piperazine rings is 1. The average molecular weight is 459 g/mol. The summed E-state index contributed by atoms with van der Waals surface area (Å²) in [4.78, 5) is 48.8. The number of rotatable bonds is 6. The topological polar surface area (TPSA) is 92.3 Å². The normalized spacial score (nSPS) is 22.3. The van der Waals surface area contributed by atoms with Gasteiger partial charge in [0, 0.05) is 38.9 Å². The highest BCUT2D eigenvalue weighted by Crippen LogP contribution is 2.42. The molecule has 33 heavy (non-hydrogen) atoms. The molecule has 9 heteroatoms. The van der Waals surface area contributed by atoms with Crippen LogP contribution in [0.15, 0.2) is 24.4 Å². The lowest BCUT2D eigenvalue weighted by Crippen LogP contribution is -2.52. The molecule has 9 nitrogen and oxygen atoms in total. The van der Waals surface area contributed by atoms with E-state index in [-0.39, 0.29) is 31.3 Å². The summed E-state index contributed by atoms with van der Waals surface area (Å²) in [6, 6.07) is 5.61. The number of carbonyl (C=O) groups is 3. The molecule has 4 rings (SSSR count). The lowest BCUT2D eigenvalue weighted by molar-refractivity contribution is -0.165. The molecule has 0 radical (unpaired) electrons. The highest BCUT2D eigenvalue weighted by Gasteiger charge is 2.52. The third-order valence-electron chi connectivity index (χ3n) is 7.08. The van der Waals surface area contributed by atoms with Crippen LogP contribution in [0, 0.1) is 5.41 Å². The van der Waals surface area contributed by atoms with Crippen molar-refractivity contribution in [3.63, 3.8) is 0 Å². The summed E-state index contributed by atoms with van der Waals surface area (Å²) < 4.78 is 10.9. The van der Waals surface area contributed by atoms with Crippen LogP contribution >= 0.6 is 0 Å². The molecular formula is C24H34N4O5. The van der Waals surface area contributed by atoms with Crippen molar-refractivity contribution >= 4 is 23.8 Å². The summed E-state index contributed by atoms with van der Waals surface area (Å²) in [5.41, 5.74) is -1.07. The SMILES string of the molecule is CCOC(=O)C1(C(=O)N2CCCC2COC(=O)N2CCN(c3ccccn3)CC2)CCCC1. The number of nitrogens with zero attached hydrogens (tertiary/aromatic N) is 4. The van der Waals surface area contributed by atoms with E-state index in [1.807, 2.05) is 18.2 Å². The number of ether oxygens (including phenoxy) is 2. The Balaban J connectivity index is 1.30. The fourth-order valence-corrected chi connectivity index (χ4v) is 5.22. The predicted molar refractivity (Wildman–Crippen MR) is 122 cm³/mol. The first-order valence-electron chi connectivity index (χ1n) is 12.1. The van der Waals surface area contributed by atoms with Crippen molar-refractivity contribution < 1.29 is 23.9 Å². The van der Waals surface area contributed by atoms with Crippen LogP contribution in [-0.4, -0.2) is 84.7 Å². The van der Waals surface area contributed by atoms with E-state index >= 15 is 0 Å². The maximum atomic E-state index is 13.5. The van der Waals surface area contributed by atoms with Crippen molar-refractivity contribution in [3.05, 3.63) is 24.4 Å². The van der Waals surface area contributed by atoms with E-state index < -0.39 is 11.4 Å². The molecule has 0 N–H and O–H groups in total. The van der Waals surface area contributed by atoms with E-state index in [1.54, 1.807) is 22.9 Å². The van der Waals surface area contributed by atoms with Crippen LogP contribution in [0.25, 0.3) is 0 Å². The number of esters is 1. The number of amides is 2. The Bertz CT molecular complexity index is 835. The first-order valence-corrected chi connectivity index (χ1v) is 12.1. The van der Waals surface area contributed by atoms with Gasteiger partial charge < -0.3 is 24.2 Å². The van der Waals surface area contributed by atoms with E-state index in [4.69, 9.17) is 9.47 Å². The van der Waals surface area contributed by atoms with Gasteiger partial charge >= 0.3 is 12.1 Å². The van der Waals surface area contributed by atoms with Crippen LogP contribution in [0.3, 0.4) is 0 Å². The van der Waals surface area contributed by atoms with Gasteiger partial charge in [0.25, 0.3) is 0 Å². The average Bonchev–Trinajstić information content (AvgIpc) is 3.54. The Morgan fingerprint density at radius 3 is 2.45 bits per heavy atom. The molecule has 0 bridgehead atoms. The van der Waals surface area contributed by atoms with E-state index in [0.717, 1.165) is 31.5 Å². The molecule has 1 aliphatic carbocycles. The lowest BCUT2D eigenvalue weighted by Gasteiger charge is -2.36. The van der Waals surface area contributed by atoms with Gasteiger partial charge in [0.1, 0.15) is 17.8 Å². The molecule has 3 fully saturated rings. The van der Waals surface area contributed by atoms with Crippen molar-refractivity contribution in [3.8, 4) is 0 Å². The van der Waals surface area contributed by atoms with Crippen molar-refractivity contribution in [2.75, 3.05) is 50.8 Å². The Kier molecular flexibility index (Phi) is 7.35. The molecular weight excluding hydrogens is 424 g/mol. The van der Waals surface area contributed by atoms with Gasteiger partial charge in [-0.25, -0.2) is 9.78 Å². The second kappa shape index (κ2) is 10.4. The van der Waals surface area contributed by atoms with Crippen molar-refractivity contribution in [1.82, 2.24) is 14.8 Å². The Morgan fingerprint density at radius 2 is 1.79 bits per heavy atom. The minimum absolute atomic E-state index is 0.152. The molecule has 2 saturated heterocycles. The van der Waals surface area contributed by atoms with Crippen LogP contribution in [0.4, 0.5) is 10.6 Å². The first kappa shape index (κ1) is 23.3. The molecule has 0 aromatic carbocycles. The number of hydrogen-bond donors (Lipinski definition) is 0. The summed E-state index contributed by atoms with van der Waals surface area (Å²) in [6.07, 6.45) is 5.80. The molecule has 1 aromatic heterocycles. The second-order valence-corrected chi connectivity index (χ2v) is 9.04. The van der Waals surface area contributed by atoms with Gasteiger partial charge in [0.15, 0.2) is 0 Å². The zero-order valence-electron chi connectivity index (χ0n) is 19.4. The highest BCUT2D eigenvalue weighted by atomic mass is 16.6. The number of carbonyl (C=O) groups excluding carboxylic acids is 3. The summed E-state index contributed by atoms with van der Waals surface area (Å²) in [5, 5.41) is 0. The summed E-state index contributed by atoms with van der Waals surface area (Å²) >= 11 is 0. The summed E-state index contributed by atoms with van der Waals surface area (Å²) in [7, 11) is 0. The number of hydrogen-bond acceptors (Lipinski definition) is 7. The number of aromatic nitrogens is 1.